The highest BCUT2D eigenvalue weighted by molar-refractivity contribution is 9.10. The van der Waals surface area contributed by atoms with Crippen molar-refractivity contribution in [3.8, 4) is 11.1 Å². The summed E-state index contributed by atoms with van der Waals surface area (Å²) in [7, 11) is 0. The average molecular weight is 266 g/mol. The van der Waals surface area contributed by atoms with E-state index in [1.807, 2.05) is 25.1 Å². The Bertz CT molecular complexity index is 497. The third-order valence-electron chi connectivity index (χ3n) is 2.20. The second kappa shape index (κ2) is 4.11. The van der Waals surface area contributed by atoms with Gasteiger partial charge in [0.15, 0.2) is 0 Å². The van der Waals surface area contributed by atoms with E-state index in [1.54, 1.807) is 6.20 Å². The van der Waals surface area contributed by atoms with Gasteiger partial charge in [0.2, 0.25) is 0 Å². The van der Waals surface area contributed by atoms with Crippen LogP contribution in [0.4, 0.5) is 4.39 Å². The predicted molar refractivity (Wildman–Crippen MR) is 62.1 cm³/mol. The van der Waals surface area contributed by atoms with Crippen LogP contribution in [0.15, 0.2) is 41.1 Å². The number of halogens is 2. The molecule has 0 unspecified atom stereocenters. The second-order valence-electron chi connectivity index (χ2n) is 3.35. The summed E-state index contributed by atoms with van der Waals surface area (Å²) in [6.07, 6.45) is 2.87. The molecule has 0 amide bonds. The highest BCUT2D eigenvalue weighted by atomic mass is 79.9. The molecule has 1 aromatic heterocycles. The van der Waals surface area contributed by atoms with E-state index in [-0.39, 0.29) is 5.82 Å². The first-order chi connectivity index (χ1) is 7.16. The summed E-state index contributed by atoms with van der Waals surface area (Å²) in [5.41, 5.74) is 2.90. The molecule has 1 aromatic carbocycles. The van der Waals surface area contributed by atoms with Crippen LogP contribution in [-0.4, -0.2) is 4.98 Å². The molecule has 2 aromatic rings. The SMILES string of the molecule is Cc1cc(Br)ccc1-c1cncc(F)c1. The Morgan fingerprint density at radius 2 is 2.00 bits per heavy atom. The molecule has 3 heteroatoms. The lowest BCUT2D eigenvalue weighted by atomic mass is 10.0. The van der Waals surface area contributed by atoms with Gasteiger partial charge in [-0.25, -0.2) is 4.39 Å². The molecule has 15 heavy (non-hydrogen) atoms. The predicted octanol–water partition coefficient (Wildman–Crippen LogP) is 3.96. The zero-order valence-electron chi connectivity index (χ0n) is 8.17. The molecule has 0 fully saturated rings. The van der Waals surface area contributed by atoms with Gasteiger partial charge in [0.25, 0.3) is 0 Å². The van der Waals surface area contributed by atoms with Gasteiger partial charge in [-0.15, -0.1) is 0 Å². The van der Waals surface area contributed by atoms with Crippen LogP contribution in [0.5, 0.6) is 0 Å². The van der Waals surface area contributed by atoms with Crippen molar-refractivity contribution in [2.45, 2.75) is 6.92 Å². The van der Waals surface area contributed by atoms with E-state index >= 15 is 0 Å². The first-order valence-electron chi connectivity index (χ1n) is 4.54. The summed E-state index contributed by atoms with van der Waals surface area (Å²) in [4.78, 5) is 3.84. The first-order valence-corrected chi connectivity index (χ1v) is 5.33. The second-order valence-corrected chi connectivity index (χ2v) is 4.27. The first kappa shape index (κ1) is 10.3. The van der Waals surface area contributed by atoms with Crippen LogP contribution in [0, 0.1) is 12.7 Å². The number of aromatic nitrogens is 1. The maximum atomic E-state index is 13.0. The van der Waals surface area contributed by atoms with Gasteiger partial charge >= 0.3 is 0 Å². The molecule has 0 aliphatic carbocycles. The average Bonchev–Trinajstić information content (AvgIpc) is 2.17. The topological polar surface area (TPSA) is 12.9 Å². The van der Waals surface area contributed by atoms with Crippen molar-refractivity contribution in [2.75, 3.05) is 0 Å². The van der Waals surface area contributed by atoms with Crippen molar-refractivity contribution in [3.05, 3.63) is 52.5 Å². The zero-order valence-corrected chi connectivity index (χ0v) is 9.75. The number of rotatable bonds is 1. The van der Waals surface area contributed by atoms with Crippen molar-refractivity contribution in [1.82, 2.24) is 4.98 Å². The number of benzene rings is 1. The molecule has 1 nitrogen and oxygen atoms in total. The lowest BCUT2D eigenvalue weighted by Crippen LogP contribution is -1.86. The monoisotopic (exact) mass is 265 g/mol. The van der Waals surface area contributed by atoms with Gasteiger partial charge in [0, 0.05) is 16.2 Å². The van der Waals surface area contributed by atoms with Crippen molar-refractivity contribution < 1.29 is 4.39 Å². The standard InChI is InChI=1S/C12H9BrFN/c1-8-4-10(13)2-3-12(8)9-5-11(14)7-15-6-9/h2-7H,1H3. The molecule has 0 atom stereocenters. The Morgan fingerprint density at radius 3 is 2.67 bits per heavy atom. The molecule has 0 saturated heterocycles. The van der Waals surface area contributed by atoms with Gasteiger partial charge in [-0.1, -0.05) is 22.0 Å². The quantitative estimate of drug-likeness (QED) is 0.761. The molecule has 0 spiro atoms. The van der Waals surface area contributed by atoms with E-state index < -0.39 is 0 Å². The van der Waals surface area contributed by atoms with Gasteiger partial charge in [-0.3, -0.25) is 4.98 Å². The largest absolute Gasteiger partial charge is 0.261 e. The maximum Gasteiger partial charge on any atom is 0.142 e. The molecule has 0 saturated carbocycles. The molecular formula is C12H9BrFN. The normalized spacial score (nSPS) is 10.3. The van der Waals surface area contributed by atoms with Crippen LogP contribution in [0.1, 0.15) is 5.56 Å². The van der Waals surface area contributed by atoms with Gasteiger partial charge in [0.1, 0.15) is 5.82 Å². The summed E-state index contributed by atoms with van der Waals surface area (Å²) >= 11 is 3.39. The molecule has 1 heterocycles. The van der Waals surface area contributed by atoms with Gasteiger partial charge in [0.05, 0.1) is 6.20 Å². The Balaban J connectivity index is 2.54. The van der Waals surface area contributed by atoms with Crippen molar-refractivity contribution >= 4 is 15.9 Å². The molecular weight excluding hydrogens is 257 g/mol. The molecule has 76 valence electrons. The Kier molecular flexibility index (Phi) is 2.82. The fraction of sp³-hybridized carbons (Fsp3) is 0.0833. The van der Waals surface area contributed by atoms with Gasteiger partial charge in [-0.2, -0.15) is 0 Å². The Morgan fingerprint density at radius 1 is 1.20 bits per heavy atom. The smallest absolute Gasteiger partial charge is 0.142 e. The van der Waals surface area contributed by atoms with Gasteiger partial charge in [-0.05, 0) is 36.2 Å². The van der Waals surface area contributed by atoms with E-state index in [0.29, 0.717) is 0 Å². The lowest BCUT2D eigenvalue weighted by molar-refractivity contribution is 0.622. The summed E-state index contributed by atoms with van der Waals surface area (Å²) in [6.45, 7) is 1.99. The molecule has 0 aliphatic heterocycles. The molecule has 2 rings (SSSR count). The van der Waals surface area contributed by atoms with E-state index in [4.69, 9.17) is 0 Å². The molecule has 0 N–H and O–H groups in total. The van der Waals surface area contributed by atoms with Gasteiger partial charge < -0.3 is 0 Å². The summed E-state index contributed by atoms with van der Waals surface area (Å²) < 4.78 is 14.0. The zero-order chi connectivity index (χ0) is 10.8. The Hall–Kier alpha value is -1.22. The van der Waals surface area contributed by atoms with Crippen LogP contribution in [-0.2, 0) is 0 Å². The van der Waals surface area contributed by atoms with Crippen LogP contribution < -0.4 is 0 Å². The van der Waals surface area contributed by atoms with Crippen LogP contribution in [0.2, 0.25) is 0 Å². The number of hydrogen-bond donors (Lipinski definition) is 0. The minimum Gasteiger partial charge on any atom is -0.261 e. The van der Waals surface area contributed by atoms with E-state index in [0.717, 1.165) is 21.2 Å². The van der Waals surface area contributed by atoms with Crippen molar-refractivity contribution in [3.63, 3.8) is 0 Å². The van der Waals surface area contributed by atoms with E-state index in [1.165, 1.54) is 12.3 Å². The van der Waals surface area contributed by atoms with Crippen LogP contribution in [0.3, 0.4) is 0 Å². The number of hydrogen-bond acceptors (Lipinski definition) is 1. The van der Waals surface area contributed by atoms with Crippen LogP contribution in [0.25, 0.3) is 11.1 Å². The van der Waals surface area contributed by atoms with E-state index in [9.17, 15) is 4.39 Å². The third-order valence-corrected chi connectivity index (χ3v) is 2.70. The highest BCUT2D eigenvalue weighted by Gasteiger charge is 2.03. The molecule has 0 bridgehead atoms. The summed E-state index contributed by atoms with van der Waals surface area (Å²) in [6, 6.07) is 7.38. The lowest BCUT2D eigenvalue weighted by Gasteiger charge is -2.05. The van der Waals surface area contributed by atoms with Crippen molar-refractivity contribution in [1.29, 1.82) is 0 Å². The molecule has 0 aliphatic rings. The number of nitrogens with zero attached hydrogens (tertiary/aromatic N) is 1. The fourth-order valence-corrected chi connectivity index (χ4v) is 1.99. The molecule has 0 radical (unpaired) electrons. The van der Waals surface area contributed by atoms with E-state index in [2.05, 4.69) is 20.9 Å². The fourth-order valence-electron chi connectivity index (χ4n) is 1.51. The summed E-state index contributed by atoms with van der Waals surface area (Å²) in [5.74, 6) is -0.310. The van der Waals surface area contributed by atoms with Crippen LogP contribution >= 0.6 is 15.9 Å². The van der Waals surface area contributed by atoms with Crippen molar-refractivity contribution in [2.24, 2.45) is 0 Å². The maximum absolute atomic E-state index is 13.0. The minimum absolute atomic E-state index is 0.310. The Labute approximate surface area is 96.1 Å². The number of aryl methyl sites for hydroxylation is 1. The number of pyridine rings is 1. The third kappa shape index (κ3) is 2.23. The summed E-state index contributed by atoms with van der Waals surface area (Å²) in [5, 5.41) is 0. The highest BCUT2D eigenvalue weighted by Crippen LogP contribution is 2.25. The minimum atomic E-state index is -0.310.